The summed E-state index contributed by atoms with van der Waals surface area (Å²) in [6, 6.07) is 42.8. The van der Waals surface area contributed by atoms with Gasteiger partial charge in [-0.2, -0.15) is 0 Å². The molecule has 5 nitrogen and oxygen atoms in total. The van der Waals surface area contributed by atoms with Crippen molar-refractivity contribution in [2.75, 3.05) is 0 Å². The summed E-state index contributed by atoms with van der Waals surface area (Å²) in [5, 5.41) is 2.43. The average molecular weight is 1010 g/mol. The number of fused-ring (bicyclic) bond motifs is 6. The summed E-state index contributed by atoms with van der Waals surface area (Å²) in [5.74, 6) is 2.12. The summed E-state index contributed by atoms with van der Waals surface area (Å²) in [5.41, 5.74) is 12.9. The first-order chi connectivity index (χ1) is 29.3. The molecule has 0 saturated carbocycles. The Balaban J connectivity index is 1.20. The number of pyridine rings is 1. The van der Waals surface area contributed by atoms with Gasteiger partial charge in [-0.25, -0.2) is 0 Å². The number of hydrogen-bond acceptors (Lipinski definition) is 2. The Hall–Kier alpha value is -4.99. The fourth-order valence-electron chi connectivity index (χ4n) is 9.87. The predicted octanol–water partition coefficient (Wildman–Crippen LogP) is 14.9. The Kier molecular flexibility index (Phi) is 9.79. The SMILES string of the molecule is CC(C)(C)c1ccc(-n2[c](=[Pt])n(-c3[c-]c(Oc4[c-]c5c(cc4)c4c6c(ccc4n5-c4cc(C(C)(C)C)ccn4)C(C)(C)C(C)(C)C6(C)C)ccc3)c3ccc(C(C)(C)C)cc32)cc1. The van der Waals surface area contributed by atoms with Crippen LogP contribution < -0.4 is 4.74 Å². The van der Waals surface area contributed by atoms with Crippen LogP contribution in [0.3, 0.4) is 0 Å². The van der Waals surface area contributed by atoms with Gasteiger partial charge in [0, 0.05) is 6.20 Å². The van der Waals surface area contributed by atoms with E-state index < -0.39 is 0 Å². The summed E-state index contributed by atoms with van der Waals surface area (Å²) >= 11 is 2.47. The fraction of sp³-hybridized carbons (Fsp3) is 0.368. The van der Waals surface area contributed by atoms with Gasteiger partial charge in [0.1, 0.15) is 0 Å². The minimum atomic E-state index is -0.0990. The molecule has 0 amide bonds. The van der Waals surface area contributed by atoms with Crippen LogP contribution in [0.15, 0.2) is 103 Å². The molecule has 0 radical (unpaired) electrons. The molecule has 0 saturated heterocycles. The second kappa shape index (κ2) is 14.3. The molecule has 0 atom stereocenters. The summed E-state index contributed by atoms with van der Waals surface area (Å²) < 4.78 is 14.8. The van der Waals surface area contributed by atoms with E-state index in [4.69, 9.17) is 9.72 Å². The molecule has 328 valence electrons. The van der Waals surface area contributed by atoms with Crippen LogP contribution in [-0.2, 0) is 46.4 Å². The number of rotatable bonds is 5. The van der Waals surface area contributed by atoms with Crippen LogP contribution in [0.5, 0.6) is 11.5 Å². The second-order valence-corrected chi connectivity index (χ2v) is 23.5. The van der Waals surface area contributed by atoms with Crippen LogP contribution in [0, 0.1) is 21.4 Å². The maximum atomic E-state index is 6.80. The topological polar surface area (TPSA) is 36.9 Å². The van der Waals surface area contributed by atoms with Crippen molar-refractivity contribution in [3.63, 3.8) is 0 Å². The van der Waals surface area contributed by atoms with Crippen molar-refractivity contribution in [3.8, 4) is 28.7 Å². The Morgan fingerprint density at radius 2 is 1.19 bits per heavy atom. The molecular formula is C57H62N4OPt-2. The molecule has 0 fully saturated rings. The van der Waals surface area contributed by atoms with Gasteiger partial charge in [-0.3, -0.25) is 0 Å². The van der Waals surface area contributed by atoms with E-state index in [0.717, 1.165) is 48.5 Å². The van der Waals surface area contributed by atoms with Crippen molar-refractivity contribution in [2.24, 2.45) is 5.41 Å². The third-order valence-electron chi connectivity index (χ3n) is 14.9. The molecule has 1 aliphatic carbocycles. The van der Waals surface area contributed by atoms with Gasteiger partial charge in [0.2, 0.25) is 0 Å². The van der Waals surface area contributed by atoms with Gasteiger partial charge in [0.05, 0.1) is 0 Å². The van der Waals surface area contributed by atoms with Gasteiger partial charge in [-0.1, -0.05) is 68.4 Å². The molecule has 3 aromatic heterocycles. The first-order valence-electron chi connectivity index (χ1n) is 22.4. The van der Waals surface area contributed by atoms with E-state index in [0.29, 0.717) is 11.5 Å². The van der Waals surface area contributed by atoms with Crippen LogP contribution >= 0.6 is 0 Å². The number of nitrogens with zero attached hydrogens (tertiary/aromatic N) is 4. The van der Waals surface area contributed by atoms with E-state index in [1.807, 2.05) is 12.3 Å². The van der Waals surface area contributed by atoms with Gasteiger partial charge in [0.25, 0.3) is 0 Å². The molecule has 5 aromatic carbocycles. The maximum absolute atomic E-state index is 6.80. The molecule has 0 unspecified atom stereocenters. The molecule has 0 spiro atoms. The van der Waals surface area contributed by atoms with E-state index in [1.165, 1.54) is 33.2 Å². The summed E-state index contributed by atoms with van der Waals surface area (Å²) in [4.78, 5) is 5.02. The van der Waals surface area contributed by atoms with E-state index in [-0.39, 0.29) is 32.5 Å². The van der Waals surface area contributed by atoms with Crippen LogP contribution in [0.4, 0.5) is 0 Å². The zero-order valence-electron chi connectivity index (χ0n) is 39.8. The van der Waals surface area contributed by atoms with Gasteiger partial charge in [0.15, 0.2) is 0 Å². The average Bonchev–Trinajstić information content (AvgIpc) is 3.73. The minimum absolute atomic E-state index is 0.00605. The van der Waals surface area contributed by atoms with Gasteiger partial charge >= 0.3 is 274 Å². The zero-order chi connectivity index (χ0) is 45.4. The molecule has 6 heteroatoms. The monoisotopic (exact) mass is 1010 g/mol. The van der Waals surface area contributed by atoms with Crippen molar-refractivity contribution in [1.29, 1.82) is 0 Å². The van der Waals surface area contributed by atoms with Gasteiger partial charge < -0.3 is 0 Å². The van der Waals surface area contributed by atoms with E-state index in [9.17, 15) is 0 Å². The number of imidazole rings is 1. The van der Waals surface area contributed by atoms with Crippen molar-refractivity contribution in [2.45, 2.75) is 131 Å². The van der Waals surface area contributed by atoms with E-state index in [2.05, 4.69) is 240 Å². The third kappa shape index (κ3) is 6.74. The first-order valence-corrected chi connectivity index (χ1v) is 23.5. The molecule has 0 bridgehead atoms. The van der Waals surface area contributed by atoms with Crippen molar-refractivity contribution in [1.82, 2.24) is 18.7 Å². The normalized spacial score (nSPS) is 16.0. The summed E-state index contributed by atoms with van der Waals surface area (Å²) in [6.45, 7) is 34.9. The Labute approximate surface area is 385 Å². The number of benzene rings is 5. The summed E-state index contributed by atoms with van der Waals surface area (Å²) in [7, 11) is 0. The standard InChI is InChI=1S/C57H62N4O.Pt/c1-52(2,3)36-19-22-39(23-20-36)59-35-60(45-27-21-37(31-48(45)59)53(4,5)6)40-17-16-18-41(33-40)62-42-24-25-43-47(34-42)61(49-32-38(29-30-58-49)54(7,8)9)46-28-26-44-51(50(43)46)56(12,13)57(14,15)55(44,10)11;/h16-32H,1-15H3;/q-2;. The molecule has 9 rings (SSSR count). The van der Waals surface area contributed by atoms with Crippen molar-refractivity contribution < 1.29 is 24.1 Å². The van der Waals surface area contributed by atoms with Crippen LogP contribution in [0.25, 0.3) is 50.0 Å². The molecule has 3 heterocycles. The predicted molar refractivity (Wildman–Crippen MR) is 258 cm³/mol. The summed E-state index contributed by atoms with van der Waals surface area (Å²) in [6.07, 6.45) is 1.94. The molecular weight excluding hydrogens is 952 g/mol. The van der Waals surface area contributed by atoms with Crippen LogP contribution in [0.1, 0.15) is 132 Å². The van der Waals surface area contributed by atoms with Crippen LogP contribution in [0.2, 0.25) is 0 Å². The van der Waals surface area contributed by atoms with Gasteiger partial charge in [-0.05, 0) is 38.9 Å². The first kappa shape index (κ1) is 43.3. The van der Waals surface area contributed by atoms with Crippen molar-refractivity contribution >= 4 is 32.8 Å². The van der Waals surface area contributed by atoms with Crippen LogP contribution in [-0.4, -0.2) is 18.7 Å². The van der Waals surface area contributed by atoms with Crippen molar-refractivity contribution in [3.05, 3.63) is 147 Å². The molecule has 1 aliphatic rings. The molecule has 0 aliphatic heterocycles. The fourth-order valence-corrected chi connectivity index (χ4v) is 11.0. The number of ether oxygens (including phenoxy) is 1. The second-order valence-electron chi connectivity index (χ2n) is 22.5. The number of aromatic nitrogens is 4. The molecule has 8 aromatic rings. The Morgan fingerprint density at radius 1 is 0.571 bits per heavy atom. The molecule has 0 N–H and O–H groups in total. The van der Waals surface area contributed by atoms with E-state index >= 15 is 0 Å². The third-order valence-corrected chi connectivity index (χ3v) is 16.0. The van der Waals surface area contributed by atoms with E-state index in [1.54, 1.807) is 0 Å². The quantitative estimate of drug-likeness (QED) is 0.161. The Morgan fingerprint density at radius 3 is 1.86 bits per heavy atom. The zero-order valence-corrected chi connectivity index (χ0v) is 42.1. The number of hydrogen-bond donors (Lipinski definition) is 0. The molecule has 63 heavy (non-hydrogen) atoms. The Bertz CT molecular complexity index is 3180. The van der Waals surface area contributed by atoms with Gasteiger partial charge in [-0.15, -0.1) is 0 Å².